The minimum Gasteiger partial charge on any atom is -0.356 e. The molecule has 1 atom stereocenters. The number of aryl methyl sites for hydroxylation is 1. The predicted octanol–water partition coefficient (Wildman–Crippen LogP) is 2.79. The molecule has 2 amide bonds. The number of rotatable bonds is 7. The zero-order chi connectivity index (χ0) is 19.3. The first-order valence-electron chi connectivity index (χ1n) is 9.48. The SMILES string of the molecule is O=C(NCCCc1nc2ccccc2s1)C1CC(=O)N(Cc2ccncc2)C1. The summed E-state index contributed by atoms with van der Waals surface area (Å²) in [4.78, 5) is 35.0. The molecule has 1 N–H and O–H groups in total. The number of hydrogen-bond acceptors (Lipinski definition) is 5. The topological polar surface area (TPSA) is 75.2 Å². The molecule has 2 aromatic heterocycles. The predicted molar refractivity (Wildman–Crippen MR) is 109 cm³/mol. The summed E-state index contributed by atoms with van der Waals surface area (Å²) in [5.74, 6) is -0.266. The van der Waals surface area contributed by atoms with Crippen molar-refractivity contribution in [1.29, 1.82) is 0 Å². The molecule has 1 saturated heterocycles. The molecule has 1 aromatic carbocycles. The summed E-state index contributed by atoms with van der Waals surface area (Å²) >= 11 is 1.70. The largest absolute Gasteiger partial charge is 0.356 e. The minimum atomic E-state index is -0.267. The van der Waals surface area contributed by atoms with Crippen LogP contribution in [-0.2, 0) is 22.6 Å². The normalized spacial score (nSPS) is 16.6. The lowest BCUT2D eigenvalue weighted by atomic mass is 10.1. The van der Waals surface area contributed by atoms with E-state index >= 15 is 0 Å². The van der Waals surface area contributed by atoms with Crippen molar-refractivity contribution in [2.24, 2.45) is 5.92 Å². The summed E-state index contributed by atoms with van der Waals surface area (Å²) in [5.41, 5.74) is 2.06. The van der Waals surface area contributed by atoms with Gasteiger partial charge in [0.15, 0.2) is 0 Å². The van der Waals surface area contributed by atoms with Gasteiger partial charge in [-0.1, -0.05) is 12.1 Å². The van der Waals surface area contributed by atoms with Gasteiger partial charge in [-0.25, -0.2) is 4.98 Å². The highest BCUT2D eigenvalue weighted by molar-refractivity contribution is 7.18. The second kappa shape index (κ2) is 8.48. The van der Waals surface area contributed by atoms with Crippen molar-refractivity contribution in [1.82, 2.24) is 20.2 Å². The molecule has 0 radical (unpaired) electrons. The second-order valence-electron chi connectivity index (χ2n) is 7.00. The number of benzene rings is 1. The number of fused-ring (bicyclic) bond motifs is 1. The Morgan fingerprint density at radius 2 is 2.04 bits per heavy atom. The molecule has 0 bridgehead atoms. The number of hydrogen-bond donors (Lipinski definition) is 1. The van der Waals surface area contributed by atoms with Crippen molar-refractivity contribution in [3.8, 4) is 0 Å². The first-order valence-corrected chi connectivity index (χ1v) is 10.3. The molecule has 1 aliphatic heterocycles. The van der Waals surface area contributed by atoms with Gasteiger partial charge in [0.2, 0.25) is 11.8 Å². The zero-order valence-corrected chi connectivity index (χ0v) is 16.3. The van der Waals surface area contributed by atoms with Crippen LogP contribution in [0.2, 0.25) is 0 Å². The van der Waals surface area contributed by atoms with Crippen LogP contribution in [-0.4, -0.2) is 39.8 Å². The average molecular weight is 395 g/mol. The van der Waals surface area contributed by atoms with E-state index in [2.05, 4.69) is 21.4 Å². The van der Waals surface area contributed by atoms with Crippen molar-refractivity contribution in [2.75, 3.05) is 13.1 Å². The van der Waals surface area contributed by atoms with Crippen LogP contribution in [0, 0.1) is 5.92 Å². The number of pyridine rings is 1. The van der Waals surface area contributed by atoms with Gasteiger partial charge < -0.3 is 10.2 Å². The fourth-order valence-electron chi connectivity index (χ4n) is 3.43. The summed E-state index contributed by atoms with van der Waals surface area (Å²) in [6.45, 7) is 1.61. The van der Waals surface area contributed by atoms with E-state index in [4.69, 9.17) is 0 Å². The molecule has 0 spiro atoms. The maximum Gasteiger partial charge on any atom is 0.225 e. The Hall–Kier alpha value is -2.80. The monoisotopic (exact) mass is 394 g/mol. The van der Waals surface area contributed by atoms with E-state index < -0.39 is 0 Å². The Labute approximate surface area is 167 Å². The molecule has 1 unspecified atom stereocenters. The number of carbonyl (C=O) groups excluding carboxylic acids is 2. The fourth-order valence-corrected chi connectivity index (χ4v) is 4.44. The summed E-state index contributed by atoms with van der Waals surface area (Å²) in [5, 5.41) is 4.08. The van der Waals surface area contributed by atoms with Gasteiger partial charge in [0.1, 0.15) is 0 Å². The van der Waals surface area contributed by atoms with Crippen molar-refractivity contribution in [2.45, 2.75) is 25.8 Å². The van der Waals surface area contributed by atoms with Gasteiger partial charge in [-0.05, 0) is 36.2 Å². The molecule has 0 saturated carbocycles. The standard InChI is InChI=1S/C21H22N4O2S/c26-20-12-16(14-25(20)13-15-7-10-22-11-8-15)21(27)23-9-3-6-19-24-17-4-1-2-5-18(17)28-19/h1-2,4-5,7-8,10-11,16H,3,6,9,12-14H2,(H,23,27). The lowest BCUT2D eigenvalue weighted by Crippen LogP contribution is -2.33. The van der Waals surface area contributed by atoms with Gasteiger partial charge in [0.05, 0.1) is 21.1 Å². The third kappa shape index (κ3) is 4.36. The summed E-state index contributed by atoms with van der Waals surface area (Å²) in [6.07, 6.45) is 5.40. The lowest BCUT2D eigenvalue weighted by Gasteiger charge is -2.16. The molecular weight excluding hydrogens is 372 g/mol. The molecule has 0 aliphatic carbocycles. The molecule has 3 aromatic rings. The third-order valence-electron chi connectivity index (χ3n) is 4.91. The maximum atomic E-state index is 12.4. The Morgan fingerprint density at radius 3 is 2.86 bits per heavy atom. The minimum absolute atomic E-state index is 0.0325. The van der Waals surface area contributed by atoms with Crippen LogP contribution < -0.4 is 5.32 Å². The van der Waals surface area contributed by atoms with Gasteiger partial charge >= 0.3 is 0 Å². The van der Waals surface area contributed by atoms with Crippen molar-refractivity contribution in [3.05, 3.63) is 59.4 Å². The highest BCUT2D eigenvalue weighted by atomic mass is 32.1. The molecule has 1 aliphatic rings. The lowest BCUT2D eigenvalue weighted by molar-refractivity contribution is -0.129. The Morgan fingerprint density at radius 1 is 1.21 bits per heavy atom. The number of amides is 2. The molecule has 28 heavy (non-hydrogen) atoms. The summed E-state index contributed by atoms with van der Waals surface area (Å²) < 4.78 is 1.19. The first kappa shape index (κ1) is 18.6. The Bertz CT molecular complexity index is 940. The molecule has 1 fully saturated rings. The molecule has 4 rings (SSSR count). The van der Waals surface area contributed by atoms with E-state index in [-0.39, 0.29) is 24.2 Å². The Kier molecular flexibility index (Phi) is 5.62. The number of likely N-dealkylation sites (tertiary alicyclic amines) is 1. The first-order chi connectivity index (χ1) is 13.7. The van der Waals surface area contributed by atoms with Crippen LogP contribution in [0.25, 0.3) is 10.2 Å². The summed E-state index contributed by atoms with van der Waals surface area (Å²) in [7, 11) is 0. The van der Waals surface area contributed by atoms with Gasteiger partial charge in [-0.3, -0.25) is 14.6 Å². The molecule has 3 heterocycles. The quantitative estimate of drug-likeness (QED) is 0.625. The Balaban J connectivity index is 1.22. The van der Waals surface area contributed by atoms with Gasteiger partial charge in [-0.15, -0.1) is 11.3 Å². The smallest absolute Gasteiger partial charge is 0.225 e. The van der Waals surface area contributed by atoms with Crippen LogP contribution in [0.15, 0.2) is 48.8 Å². The van der Waals surface area contributed by atoms with Gasteiger partial charge in [0.25, 0.3) is 0 Å². The van der Waals surface area contributed by atoms with E-state index in [1.165, 1.54) is 4.70 Å². The zero-order valence-electron chi connectivity index (χ0n) is 15.5. The van der Waals surface area contributed by atoms with E-state index in [0.29, 0.717) is 19.6 Å². The molecule has 144 valence electrons. The third-order valence-corrected chi connectivity index (χ3v) is 6.01. The van der Waals surface area contributed by atoms with Crippen LogP contribution >= 0.6 is 11.3 Å². The van der Waals surface area contributed by atoms with Crippen molar-refractivity contribution >= 4 is 33.4 Å². The summed E-state index contributed by atoms with van der Waals surface area (Å²) in [6, 6.07) is 11.9. The fraction of sp³-hybridized carbons (Fsp3) is 0.333. The molecule has 6 nitrogen and oxygen atoms in total. The number of nitrogens with one attached hydrogen (secondary N) is 1. The average Bonchev–Trinajstić information content (AvgIpc) is 3.29. The number of carbonyl (C=O) groups is 2. The number of aromatic nitrogens is 2. The number of thiazole rings is 1. The van der Waals surface area contributed by atoms with Crippen LogP contribution in [0.1, 0.15) is 23.4 Å². The van der Waals surface area contributed by atoms with E-state index in [1.807, 2.05) is 30.3 Å². The van der Waals surface area contributed by atoms with Crippen LogP contribution in [0.5, 0.6) is 0 Å². The second-order valence-corrected chi connectivity index (χ2v) is 8.12. The maximum absolute atomic E-state index is 12.4. The highest BCUT2D eigenvalue weighted by Crippen LogP contribution is 2.23. The highest BCUT2D eigenvalue weighted by Gasteiger charge is 2.33. The van der Waals surface area contributed by atoms with Crippen molar-refractivity contribution < 1.29 is 9.59 Å². The van der Waals surface area contributed by atoms with E-state index in [0.717, 1.165) is 28.9 Å². The number of nitrogens with zero attached hydrogens (tertiary/aromatic N) is 3. The van der Waals surface area contributed by atoms with E-state index in [1.54, 1.807) is 28.6 Å². The molecular formula is C21H22N4O2S. The number of para-hydroxylation sites is 1. The van der Waals surface area contributed by atoms with Crippen LogP contribution in [0.4, 0.5) is 0 Å². The molecule has 7 heteroatoms. The van der Waals surface area contributed by atoms with Crippen molar-refractivity contribution in [3.63, 3.8) is 0 Å². The van der Waals surface area contributed by atoms with Gasteiger partial charge in [0, 0.05) is 44.9 Å². The van der Waals surface area contributed by atoms with Crippen LogP contribution in [0.3, 0.4) is 0 Å². The van der Waals surface area contributed by atoms with Gasteiger partial charge in [-0.2, -0.15) is 0 Å². The van der Waals surface area contributed by atoms with E-state index in [9.17, 15) is 9.59 Å².